The van der Waals surface area contributed by atoms with Crippen molar-refractivity contribution in [3.63, 3.8) is 0 Å². The van der Waals surface area contributed by atoms with Crippen molar-refractivity contribution >= 4 is 0 Å². The van der Waals surface area contributed by atoms with Crippen LogP contribution in [0.4, 0.5) is 0 Å². The molecule has 4 rings (SSSR count). The highest BCUT2D eigenvalue weighted by Gasteiger charge is 2.34. The summed E-state index contributed by atoms with van der Waals surface area (Å²) in [6.07, 6.45) is 4.68. The summed E-state index contributed by atoms with van der Waals surface area (Å²) >= 11 is 0. The Morgan fingerprint density at radius 3 is 2.71 bits per heavy atom. The van der Waals surface area contributed by atoms with Gasteiger partial charge in [-0.05, 0) is 61.2 Å². The molecule has 8 nitrogen and oxygen atoms in total. The maximum atomic E-state index is 11.4. The van der Waals surface area contributed by atoms with Gasteiger partial charge in [-0.15, -0.1) is 0 Å². The fraction of sp³-hybridized carbons (Fsp3) is 0.500. The molecule has 1 aliphatic heterocycles. The van der Waals surface area contributed by atoms with Gasteiger partial charge in [0.1, 0.15) is 30.4 Å². The Kier molecular flexibility index (Phi) is 9.31. The number of aromatic nitrogens is 2. The Morgan fingerprint density at radius 1 is 1.08 bits per heavy atom. The predicted molar refractivity (Wildman–Crippen MR) is 147 cm³/mol. The number of β-amino-alcohol motifs (C(OH)–C–C–N with tert-alkyl or cyclic N) is 1. The molecule has 8 heteroatoms. The molecule has 1 N–H and O–H groups in total. The number of methoxy groups -OCH3 is 1. The summed E-state index contributed by atoms with van der Waals surface area (Å²) < 4.78 is 25.7. The molecule has 1 aliphatic rings. The molecule has 1 aromatic heterocycles. The van der Waals surface area contributed by atoms with Crippen molar-refractivity contribution < 1.29 is 24.1 Å². The summed E-state index contributed by atoms with van der Waals surface area (Å²) in [5.74, 6) is 3.26. The van der Waals surface area contributed by atoms with Crippen LogP contribution < -0.4 is 14.2 Å². The first-order chi connectivity index (χ1) is 18.3. The molecule has 1 saturated heterocycles. The van der Waals surface area contributed by atoms with E-state index in [9.17, 15) is 5.11 Å². The highest BCUT2D eigenvalue weighted by atomic mass is 16.5. The first-order valence-corrected chi connectivity index (χ1v) is 13.3. The molecule has 3 aromatic rings. The third kappa shape index (κ3) is 7.07. The van der Waals surface area contributed by atoms with Crippen molar-refractivity contribution in [2.45, 2.75) is 52.8 Å². The molecule has 2 heterocycles. The van der Waals surface area contributed by atoms with E-state index >= 15 is 0 Å². The number of aliphatic hydroxyl groups is 1. The van der Waals surface area contributed by atoms with Gasteiger partial charge in [-0.25, -0.2) is 4.98 Å². The van der Waals surface area contributed by atoms with Gasteiger partial charge >= 0.3 is 0 Å². The van der Waals surface area contributed by atoms with Gasteiger partial charge < -0.3 is 28.6 Å². The highest BCUT2D eigenvalue weighted by Crippen LogP contribution is 2.30. The first-order valence-electron chi connectivity index (χ1n) is 13.3. The quantitative estimate of drug-likeness (QED) is 0.405. The van der Waals surface area contributed by atoms with E-state index in [4.69, 9.17) is 18.9 Å². The number of ether oxygens (including phenoxy) is 4. The van der Waals surface area contributed by atoms with Crippen LogP contribution in [0.3, 0.4) is 0 Å². The molecule has 0 radical (unpaired) electrons. The van der Waals surface area contributed by atoms with E-state index in [1.807, 2.05) is 43.6 Å². The smallest absolute Gasteiger partial charge is 0.161 e. The van der Waals surface area contributed by atoms with Crippen LogP contribution in [0.1, 0.15) is 35.0 Å². The standard InChI is InChI=1S/C30H41N3O5/c1-6-29-31-9-10-33(29)12-14-37-28-17-25(7-8-26(28)35-5)18-32-11-13-36-20-30(34,19-32)21-38-27-16-22(2)15-23(3)24(27)4/h7-10,15-17,34H,6,11-14,18-21H2,1-5H3. The number of nitrogens with zero attached hydrogens (tertiary/aromatic N) is 3. The van der Waals surface area contributed by atoms with Crippen LogP contribution in [0.2, 0.25) is 0 Å². The summed E-state index contributed by atoms with van der Waals surface area (Å²) in [6, 6.07) is 10.2. The lowest BCUT2D eigenvalue weighted by molar-refractivity contribution is -0.0648. The number of aryl methyl sites for hydroxylation is 3. The van der Waals surface area contributed by atoms with Crippen LogP contribution in [0.5, 0.6) is 17.2 Å². The highest BCUT2D eigenvalue weighted by molar-refractivity contribution is 5.43. The second kappa shape index (κ2) is 12.7. The minimum atomic E-state index is -1.12. The molecule has 206 valence electrons. The van der Waals surface area contributed by atoms with Gasteiger partial charge in [0.05, 0.1) is 26.9 Å². The molecule has 2 aromatic carbocycles. The second-order valence-corrected chi connectivity index (χ2v) is 10.2. The summed E-state index contributed by atoms with van der Waals surface area (Å²) in [4.78, 5) is 6.58. The Balaban J connectivity index is 1.40. The second-order valence-electron chi connectivity index (χ2n) is 10.2. The molecule has 1 unspecified atom stereocenters. The van der Waals surface area contributed by atoms with Crippen LogP contribution in [-0.2, 0) is 24.2 Å². The lowest BCUT2D eigenvalue weighted by Crippen LogP contribution is -2.48. The molecule has 0 bridgehead atoms. The number of hydrogen-bond donors (Lipinski definition) is 1. The van der Waals surface area contributed by atoms with E-state index in [0.717, 1.165) is 34.7 Å². The maximum absolute atomic E-state index is 11.4. The maximum Gasteiger partial charge on any atom is 0.161 e. The van der Waals surface area contributed by atoms with E-state index in [2.05, 4.69) is 41.3 Å². The van der Waals surface area contributed by atoms with Gasteiger partial charge in [-0.3, -0.25) is 4.90 Å². The van der Waals surface area contributed by atoms with E-state index in [0.29, 0.717) is 50.9 Å². The Bertz CT molecular complexity index is 1210. The minimum absolute atomic E-state index is 0.165. The van der Waals surface area contributed by atoms with Gasteiger partial charge in [0.15, 0.2) is 11.5 Å². The molecule has 0 saturated carbocycles. The Hall–Kier alpha value is -3.07. The molecule has 0 spiro atoms. The van der Waals surface area contributed by atoms with E-state index in [-0.39, 0.29) is 13.2 Å². The van der Waals surface area contributed by atoms with Gasteiger partial charge in [0, 0.05) is 38.4 Å². The van der Waals surface area contributed by atoms with Gasteiger partial charge in [0.25, 0.3) is 0 Å². The first kappa shape index (κ1) is 28.0. The number of imidazole rings is 1. The minimum Gasteiger partial charge on any atom is -0.493 e. The van der Waals surface area contributed by atoms with Crippen LogP contribution in [0.15, 0.2) is 42.7 Å². The van der Waals surface area contributed by atoms with Crippen LogP contribution >= 0.6 is 0 Å². The summed E-state index contributed by atoms with van der Waals surface area (Å²) in [7, 11) is 1.65. The van der Waals surface area contributed by atoms with Crippen LogP contribution in [0, 0.1) is 20.8 Å². The van der Waals surface area contributed by atoms with Gasteiger partial charge in [-0.2, -0.15) is 0 Å². The fourth-order valence-corrected chi connectivity index (χ4v) is 4.88. The molecule has 38 heavy (non-hydrogen) atoms. The largest absolute Gasteiger partial charge is 0.493 e. The molecule has 0 amide bonds. The normalized spacial score (nSPS) is 18.3. The molecule has 1 fully saturated rings. The zero-order valence-corrected chi connectivity index (χ0v) is 23.3. The fourth-order valence-electron chi connectivity index (χ4n) is 4.88. The molecular formula is C30H41N3O5. The monoisotopic (exact) mass is 523 g/mol. The van der Waals surface area contributed by atoms with Crippen LogP contribution in [0.25, 0.3) is 0 Å². The van der Waals surface area contributed by atoms with Gasteiger partial charge in [0.2, 0.25) is 0 Å². The summed E-state index contributed by atoms with van der Waals surface area (Å²) in [5.41, 5.74) is 3.37. The molecule has 0 aliphatic carbocycles. The zero-order valence-electron chi connectivity index (χ0n) is 23.3. The summed E-state index contributed by atoms with van der Waals surface area (Å²) in [5, 5.41) is 11.4. The average Bonchev–Trinajstić information content (AvgIpc) is 3.27. The molecular weight excluding hydrogens is 482 g/mol. The predicted octanol–water partition coefficient (Wildman–Crippen LogP) is 4.10. The lowest BCUT2D eigenvalue weighted by Gasteiger charge is -2.31. The SMILES string of the molecule is CCc1nccn1CCOc1cc(CN2CCOCC(O)(COc3cc(C)cc(C)c3C)C2)ccc1OC. The lowest BCUT2D eigenvalue weighted by atomic mass is 10.0. The van der Waals surface area contributed by atoms with E-state index in [1.165, 1.54) is 5.56 Å². The van der Waals surface area contributed by atoms with Crippen molar-refractivity contribution in [3.8, 4) is 17.2 Å². The third-order valence-electron chi connectivity index (χ3n) is 7.04. The van der Waals surface area contributed by atoms with E-state index < -0.39 is 5.60 Å². The number of hydrogen-bond acceptors (Lipinski definition) is 7. The van der Waals surface area contributed by atoms with Crippen molar-refractivity contribution in [2.75, 3.05) is 46.6 Å². The van der Waals surface area contributed by atoms with Crippen molar-refractivity contribution in [2.24, 2.45) is 0 Å². The van der Waals surface area contributed by atoms with E-state index in [1.54, 1.807) is 7.11 Å². The van der Waals surface area contributed by atoms with Crippen molar-refractivity contribution in [1.82, 2.24) is 14.5 Å². The topological polar surface area (TPSA) is 78.2 Å². The van der Waals surface area contributed by atoms with Crippen molar-refractivity contribution in [1.29, 1.82) is 0 Å². The number of benzene rings is 2. The van der Waals surface area contributed by atoms with Gasteiger partial charge in [-0.1, -0.05) is 19.1 Å². The number of rotatable bonds is 11. The Labute approximate surface area is 226 Å². The summed E-state index contributed by atoms with van der Waals surface area (Å²) in [6.45, 7) is 12.3. The zero-order chi connectivity index (χ0) is 27.1. The Morgan fingerprint density at radius 2 is 1.92 bits per heavy atom. The average molecular weight is 524 g/mol. The third-order valence-corrected chi connectivity index (χ3v) is 7.04. The van der Waals surface area contributed by atoms with Crippen LogP contribution in [-0.4, -0.2) is 71.8 Å². The van der Waals surface area contributed by atoms with Crippen molar-refractivity contribution in [3.05, 3.63) is 70.8 Å². The molecule has 1 atom stereocenters.